The summed E-state index contributed by atoms with van der Waals surface area (Å²) in [4.78, 5) is 17.7. The summed E-state index contributed by atoms with van der Waals surface area (Å²) >= 11 is 6.13. The van der Waals surface area contributed by atoms with Crippen molar-refractivity contribution >= 4 is 47.4 Å². The van der Waals surface area contributed by atoms with Gasteiger partial charge < -0.3 is 15.5 Å². The second-order valence-electron chi connectivity index (χ2n) is 6.52. The van der Waals surface area contributed by atoms with Crippen LogP contribution < -0.4 is 10.6 Å². The van der Waals surface area contributed by atoms with Gasteiger partial charge in [0.1, 0.15) is 6.54 Å². The number of nitrogens with one attached hydrogen (secondary N) is 2. The van der Waals surface area contributed by atoms with E-state index in [0.717, 1.165) is 37.4 Å². The molecular weight excluding hydrogens is 451 g/mol. The monoisotopic (exact) mass is 478 g/mol. The third-order valence-electron chi connectivity index (χ3n) is 4.30. The molecule has 0 spiro atoms. The van der Waals surface area contributed by atoms with E-state index in [1.165, 1.54) is 5.56 Å². The number of carbonyl (C=O) groups excluding carboxylic acids is 1. The second-order valence-corrected chi connectivity index (χ2v) is 6.96. The minimum Gasteiger partial charge on any atom is -0.356 e. The summed E-state index contributed by atoms with van der Waals surface area (Å²) in [7, 11) is 3.48. The highest BCUT2D eigenvalue weighted by Gasteiger charge is 2.44. The van der Waals surface area contributed by atoms with Crippen LogP contribution in [0.25, 0.3) is 0 Å². The van der Waals surface area contributed by atoms with Crippen LogP contribution in [0.1, 0.15) is 31.7 Å². The zero-order valence-electron chi connectivity index (χ0n) is 15.1. The summed E-state index contributed by atoms with van der Waals surface area (Å²) in [5.74, 6) is 0.684. The Kier molecular flexibility index (Phi) is 8.99. The largest absolute Gasteiger partial charge is 0.356 e. The van der Waals surface area contributed by atoms with Crippen LogP contribution in [0, 0.1) is 0 Å². The van der Waals surface area contributed by atoms with Gasteiger partial charge in [-0.15, -0.1) is 24.0 Å². The number of likely N-dealkylation sites (N-methyl/N-ethyl adjacent to an activating group) is 1. The molecule has 2 N–H and O–H groups in total. The fraction of sp³-hybridized carbons (Fsp3) is 0.556. The Morgan fingerprint density at radius 2 is 2.04 bits per heavy atom. The van der Waals surface area contributed by atoms with Crippen LogP contribution in [-0.4, -0.2) is 50.5 Å². The van der Waals surface area contributed by atoms with E-state index < -0.39 is 0 Å². The maximum atomic E-state index is 11.7. The summed E-state index contributed by atoms with van der Waals surface area (Å²) < 4.78 is 0. The summed E-state index contributed by atoms with van der Waals surface area (Å²) in [6.07, 6.45) is 3.28. The molecule has 1 aliphatic rings. The van der Waals surface area contributed by atoms with Crippen molar-refractivity contribution in [2.45, 2.75) is 31.6 Å². The first-order chi connectivity index (χ1) is 11.5. The number of amides is 1. The van der Waals surface area contributed by atoms with Crippen LogP contribution in [0.4, 0.5) is 0 Å². The van der Waals surface area contributed by atoms with Gasteiger partial charge in [-0.05, 0) is 37.0 Å². The lowest BCUT2D eigenvalue weighted by atomic mass is 9.96. The van der Waals surface area contributed by atoms with Gasteiger partial charge in [-0.25, -0.2) is 4.99 Å². The topological polar surface area (TPSA) is 56.7 Å². The molecule has 0 radical (unpaired) electrons. The van der Waals surface area contributed by atoms with E-state index in [9.17, 15) is 4.79 Å². The fourth-order valence-electron chi connectivity index (χ4n) is 2.50. The van der Waals surface area contributed by atoms with Gasteiger partial charge in [-0.1, -0.05) is 30.7 Å². The minimum atomic E-state index is -0.0106. The van der Waals surface area contributed by atoms with Crippen LogP contribution in [0.15, 0.2) is 29.3 Å². The zero-order valence-corrected chi connectivity index (χ0v) is 18.2. The lowest BCUT2D eigenvalue weighted by molar-refractivity contribution is -0.127. The van der Waals surface area contributed by atoms with Crippen molar-refractivity contribution in [3.05, 3.63) is 34.9 Å². The standard InChI is InChI=1S/C18H27ClN4O.HI/c1-4-10-20-17(21-12-16(24)23(2)3)22-13-18(8-9-18)14-6-5-7-15(19)11-14;/h5-7,11H,4,8-10,12-13H2,1-3H3,(H2,20,21,22);1H. The third-order valence-corrected chi connectivity index (χ3v) is 4.53. The van der Waals surface area contributed by atoms with E-state index >= 15 is 0 Å². The Labute approximate surface area is 172 Å². The Morgan fingerprint density at radius 3 is 2.60 bits per heavy atom. The van der Waals surface area contributed by atoms with Crippen LogP contribution in [0.5, 0.6) is 0 Å². The maximum Gasteiger partial charge on any atom is 0.243 e. The molecule has 1 saturated carbocycles. The molecule has 5 nitrogen and oxygen atoms in total. The van der Waals surface area contributed by atoms with E-state index in [-0.39, 0.29) is 41.8 Å². The molecule has 0 bridgehead atoms. The molecule has 7 heteroatoms. The van der Waals surface area contributed by atoms with Crippen molar-refractivity contribution in [2.24, 2.45) is 4.99 Å². The van der Waals surface area contributed by atoms with E-state index in [0.29, 0.717) is 5.96 Å². The molecule has 0 aromatic heterocycles. The first-order valence-corrected chi connectivity index (χ1v) is 8.83. The summed E-state index contributed by atoms with van der Waals surface area (Å²) in [5.41, 5.74) is 1.40. The predicted molar refractivity (Wildman–Crippen MR) is 115 cm³/mol. The summed E-state index contributed by atoms with van der Waals surface area (Å²) in [6.45, 7) is 3.87. The van der Waals surface area contributed by atoms with E-state index in [2.05, 4.69) is 28.6 Å². The molecule has 1 fully saturated rings. The third kappa shape index (κ3) is 6.66. The predicted octanol–water partition coefficient (Wildman–Crippen LogP) is 3.02. The quantitative estimate of drug-likeness (QED) is 0.360. The zero-order chi connectivity index (χ0) is 17.6. The number of carbonyl (C=O) groups is 1. The van der Waals surface area contributed by atoms with Crippen molar-refractivity contribution in [2.75, 3.05) is 33.7 Å². The van der Waals surface area contributed by atoms with Gasteiger partial charge in [0.2, 0.25) is 5.91 Å². The molecule has 2 rings (SSSR count). The fourth-order valence-corrected chi connectivity index (χ4v) is 2.69. The number of halogens is 2. The molecule has 1 aliphatic carbocycles. The average molecular weight is 479 g/mol. The highest BCUT2D eigenvalue weighted by molar-refractivity contribution is 14.0. The van der Waals surface area contributed by atoms with Gasteiger partial charge in [0.15, 0.2) is 5.96 Å². The Balaban J connectivity index is 0.00000312. The molecule has 1 aromatic carbocycles. The van der Waals surface area contributed by atoms with Crippen molar-refractivity contribution in [3.8, 4) is 0 Å². The first-order valence-electron chi connectivity index (χ1n) is 8.45. The van der Waals surface area contributed by atoms with Crippen LogP contribution >= 0.6 is 35.6 Å². The van der Waals surface area contributed by atoms with Gasteiger partial charge in [0, 0.05) is 37.6 Å². The lowest BCUT2D eigenvalue weighted by Gasteiger charge is -2.19. The molecule has 140 valence electrons. The Hall–Kier alpha value is -1.02. The number of nitrogens with zero attached hydrogens (tertiary/aromatic N) is 2. The molecule has 0 heterocycles. The molecule has 1 aromatic rings. The van der Waals surface area contributed by atoms with Gasteiger partial charge in [0.25, 0.3) is 0 Å². The molecule has 25 heavy (non-hydrogen) atoms. The van der Waals surface area contributed by atoms with Crippen molar-refractivity contribution in [1.82, 2.24) is 15.5 Å². The molecular formula is C18H28ClIN4O. The van der Waals surface area contributed by atoms with E-state index in [1.54, 1.807) is 19.0 Å². The number of hydrogen-bond acceptors (Lipinski definition) is 2. The Bertz CT molecular complexity index is 602. The second kappa shape index (κ2) is 10.2. The highest BCUT2D eigenvalue weighted by atomic mass is 127. The maximum absolute atomic E-state index is 11.7. The van der Waals surface area contributed by atoms with Crippen molar-refractivity contribution in [1.29, 1.82) is 0 Å². The van der Waals surface area contributed by atoms with Gasteiger partial charge in [-0.3, -0.25) is 4.79 Å². The van der Waals surface area contributed by atoms with Gasteiger partial charge in [-0.2, -0.15) is 0 Å². The molecule has 0 unspecified atom stereocenters. The van der Waals surface area contributed by atoms with Gasteiger partial charge in [0.05, 0.1) is 0 Å². The smallest absolute Gasteiger partial charge is 0.243 e. The highest BCUT2D eigenvalue weighted by Crippen LogP contribution is 2.48. The molecule has 1 amide bonds. The number of hydrogen-bond donors (Lipinski definition) is 2. The number of benzene rings is 1. The summed E-state index contributed by atoms with van der Waals surface area (Å²) in [6, 6.07) is 8.07. The molecule has 0 saturated heterocycles. The number of rotatable bonds is 7. The molecule has 0 atom stereocenters. The van der Waals surface area contributed by atoms with Gasteiger partial charge >= 0.3 is 0 Å². The molecule has 0 aliphatic heterocycles. The number of guanidine groups is 1. The van der Waals surface area contributed by atoms with E-state index in [4.69, 9.17) is 11.6 Å². The van der Waals surface area contributed by atoms with Crippen LogP contribution in [0.3, 0.4) is 0 Å². The lowest BCUT2D eigenvalue weighted by Crippen LogP contribution is -2.42. The average Bonchev–Trinajstić information content (AvgIpc) is 3.35. The Morgan fingerprint density at radius 1 is 1.32 bits per heavy atom. The normalized spacial score (nSPS) is 15.1. The minimum absolute atomic E-state index is 0. The van der Waals surface area contributed by atoms with Crippen LogP contribution in [-0.2, 0) is 10.2 Å². The summed E-state index contributed by atoms with van der Waals surface area (Å²) in [5, 5.41) is 7.44. The van der Waals surface area contributed by atoms with Crippen molar-refractivity contribution < 1.29 is 4.79 Å². The van der Waals surface area contributed by atoms with E-state index in [1.807, 2.05) is 18.2 Å². The SMILES string of the molecule is CCCNC(=NCC(=O)N(C)C)NCC1(c2cccc(Cl)c2)CC1.I. The van der Waals surface area contributed by atoms with Crippen molar-refractivity contribution in [3.63, 3.8) is 0 Å². The van der Waals surface area contributed by atoms with Crippen LogP contribution in [0.2, 0.25) is 5.02 Å². The number of aliphatic imine (C=N–C) groups is 1. The first kappa shape index (κ1) is 22.0.